The molecular weight excluding hydrogens is 190 g/mol. The molecule has 0 heterocycles. The number of nitrogens with zero attached hydrogens (tertiary/aromatic N) is 1. The maximum atomic E-state index is 10.4. The molecule has 1 aliphatic rings. The molecule has 1 rings (SSSR count). The Morgan fingerprint density at radius 3 is 2.20 bits per heavy atom. The second-order valence-corrected chi connectivity index (χ2v) is 4.57. The minimum Gasteiger partial charge on any atom is -0.265 e. The minimum absolute atomic E-state index is 0.0173. The van der Waals surface area contributed by atoms with Crippen LogP contribution < -0.4 is 0 Å². The van der Waals surface area contributed by atoms with Crippen LogP contribution in [0.5, 0.6) is 0 Å². The number of rotatable bonds is 5. The summed E-state index contributed by atoms with van der Waals surface area (Å²) >= 11 is 0. The van der Waals surface area contributed by atoms with Crippen molar-refractivity contribution in [2.24, 2.45) is 17.3 Å². The first-order chi connectivity index (χ1) is 7.04. The van der Waals surface area contributed by atoms with E-state index < -0.39 is 0 Å². The molecule has 0 aromatic carbocycles. The van der Waals surface area contributed by atoms with Crippen LogP contribution in [0.1, 0.15) is 26.2 Å². The molecule has 0 bridgehead atoms. The van der Waals surface area contributed by atoms with Gasteiger partial charge in [0.05, 0.1) is 0 Å². The molecule has 0 saturated heterocycles. The Morgan fingerprint density at radius 2 is 1.87 bits per heavy atom. The summed E-state index contributed by atoms with van der Waals surface area (Å²) in [6.45, 7) is 9.83. The summed E-state index contributed by atoms with van der Waals surface area (Å²) in [7, 11) is 0. The summed E-state index contributed by atoms with van der Waals surface area (Å²) in [5.41, 5.74) is -0.0173. The molecule has 0 aromatic heterocycles. The van der Waals surface area contributed by atoms with E-state index in [0.717, 1.165) is 12.8 Å². The van der Waals surface area contributed by atoms with Gasteiger partial charge in [-0.3, -0.25) is 10.1 Å². The lowest BCUT2D eigenvalue weighted by molar-refractivity contribution is -0.483. The van der Waals surface area contributed by atoms with Gasteiger partial charge in [-0.2, -0.15) is 0 Å². The molecule has 15 heavy (non-hydrogen) atoms. The maximum Gasteiger partial charge on any atom is 0.204 e. The van der Waals surface area contributed by atoms with E-state index in [1.165, 1.54) is 0 Å². The van der Waals surface area contributed by atoms with Crippen molar-refractivity contribution >= 4 is 0 Å². The van der Waals surface area contributed by atoms with E-state index in [1.54, 1.807) is 0 Å². The van der Waals surface area contributed by atoms with Crippen molar-refractivity contribution < 1.29 is 4.92 Å². The number of hydrogen-bond donors (Lipinski definition) is 0. The largest absolute Gasteiger partial charge is 0.265 e. The molecule has 1 unspecified atom stereocenters. The third kappa shape index (κ3) is 2.28. The SMILES string of the molecule is C=C[C@@H]1CC[C@H](C=C)C1(C)CC[N+](=O)[O-]. The Balaban J connectivity index is 2.77. The molecule has 84 valence electrons. The normalized spacial score (nSPS) is 35.0. The molecule has 0 aromatic rings. The van der Waals surface area contributed by atoms with Crippen molar-refractivity contribution in [2.75, 3.05) is 6.54 Å². The Hall–Kier alpha value is -1.12. The van der Waals surface area contributed by atoms with Gasteiger partial charge < -0.3 is 0 Å². The molecule has 3 heteroatoms. The second-order valence-electron chi connectivity index (χ2n) is 4.57. The van der Waals surface area contributed by atoms with E-state index in [1.807, 2.05) is 12.2 Å². The summed E-state index contributed by atoms with van der Waals surface area (Å²) in [6.07, 6.45) is 6.67. The van der Waals surface area contributed by atoms with Gasteiger partial charge >= 0.3 is 0 Å². The smallest absolute Gasteiger partial charge is 0.204 e. The molecular formula is C12H19NO2. The summed E-state index contributed by atoms with van der Waals surface area (Å²) in [5.74, 6) is 0.779. The summed E-state index contributed by atoms with van der Waals surface area (Å²) < 4.78 is 0. The molecule has 3 nitrogen and oxygen atoms in total. The van der Waals surface area contributed by atoms with Crippen molar-refractivity contribution in [1.29, 1.82) is 0 Å². The van der Waals surface area contributed by atoms with E-state index in [2.05, 4.69) is 20.1 Å². The molecule has 0 spiro atoms. The number of nitro groups is 1. The first kappa shape index (κ1) is 12.0. The topological polar surface area (TPSA) is 43.1 Å². The highest BCUT2D eigenvalue weighted by Gasteiger charge is 2.44. The van der Waals surface area contributed by atoms with Crippen LogP contribution in [0.25, 0.3) is 0 Å². The van der Waals surface area contributed by atoms with Crippen molar-refractivity contribution in [2.45, 2.75) is 26.2 Å². The highest BCUT2D eigenvalue weighted by molar-refractivity contribution is 5.06. The summed E-state index contributed by atoms with van der Waals surface area (Å²) in [5, 5.41) is 10.4. The third-order valence-corrected chi connectivity index (χ3v) is 3.88. The van der Waals surface area contributed by atoms with E-state index >= 15 is 0 Å². The van der Waals surface area contributed by atoms with Gasteiger partial charge in [-0.25, -0.2) is 0 Å². The first-order valence-corrected chi connectivity index (χ1v) is 5.41. The molecule has 1 fully saturated rings. The molecule has 0 aliphatic heterocycles. The predicted octanol–water partition coefficient (Wildman–Crippen LogP) is 3.06. The average molecular weight is 209 g/mol. The van der Waals surface area contributed by atoms with Crippen LogP contribution in [0, 0.1) is 27.4 Å². The molecule has 0 amide bonds. The zero-order valence-corrected chi connectivity index (χ0v) is 9.32. The zero-order valence-electron chi connectivity index (χ0n) is 9.32. The lowest BCUT2D eigenvalue weighted by Gasteiger charge is -2.33. The number of hydrogen-bond acceptors (Lipinski definition) is 2. The van der Waals surface area contributed by atoms with Crippen LogP contribution in [0.2, 0.25) is 0 Å². The van der Waals surface area contributed by atoms with Gasteiger partial charge in [0, 0.05) is 11.3 Å². The third-order valence-electron chi connectivity index (χ3n) is 3.88. The minimum atomic E-state index is -0.232. The maximum absolute atomic E-state index is 10.4. The summed E-state index contributed by atoms with van der Waals surface area (Å²) in [4.78, 5) is 10.2. The van der Waals surface area contributed by atoms with Crippen LogP contribution in [0.3, 0.4) is 0 Å². The van der Waals surface area contributed by atoms with Crippen molar-refractivity contribution in [3.8, 4) is 0 Å². The van der Waals surface area contributed by atoms with E-state index in [4.69, 9.17) is 0 Å². The molecule has 1 aliphatic carbocycles. The molecule has 3 atom stereocenters. The average Bonchev–Trinajstić information content (AvgIpc) is 2.52. The van der Waals surface area contributed by atoms with Gasteiger partial charge in [-0.1, -0.05) is 19.1 Å². The van der Waals surface area contributed by atoms with Crippen LogP contribution >= 0.6 is 0 Å². The number of allylic oxidation sites excluding steroid dienone is 2. The van der Waals surface area contributed by atoms with Gasteiger partial charge in [0.1, 0.15) is 0 Å². The Labute approximate surface area is 91.0 Å². The predicted molar refractivity (Wildman–Crippen MR) is 61.2 cm³/mol. The molecule has 0 N–H and O–H groups in total. The van der Waals surface area contributed by atoms with Crippen LogP contribution in [0.15, 0.2) is 25.3 Å². The summed E-state index contributed by atoms with van der Waals surface area (Å²) in [6, 6.07) is 0. The van der Waals surface area contributed by atoms with Crippen molar-refractivity contribution in [3.63, 3.8) is 0 Å². The highest BCUT2D eigenvalue weighted by Crippen LogP contribution is 2.50. The van der Waals surface area contributed by atoms with E-state index in [9.17, 15) is 10.1 Å². The molecule has 0 radical (unpaired) electrons. The first-order valence-electron chi connectivity index (χ1n) is 5.41. The second kappa shape index (κ2) is 4.60. The monoisotopic (exact) mass is 209 g/mol. The van der Waals surface area contributed by atoms with Crippen LogP contribution in [-0.2, 0) is 0 Å². The van der Waals surface area contributed by atoms with Gasteiger partial charge in [-0.05, 0) is 30.1 Å². The standard InChI is InChI=1S/C12H19NO2/c1-4-10-6-7-11(5-2)12(10,3)8-9-13(14)15/h4-5,10-11H,1-2,6-9H2,3H3/t10-,11+,12?. The lowest BCUT2D eigenvalue weighted by Crippen LogP contribution is -2.29. The molecule has 1 saturated carbocycles. The van der Waals surface area contributed by atoms with E-state index in [-0.39, 0.29) is 16.9 Å². The van der Waals surface area contributed by atoms with Crippen LogP contribution in [0.4, 0.5) is 0 Å². The Kier molecular flexibility index (Phi) is 3.66. The van der Waals surface area contributed by atoms with Gasteiger partial charge in [0.2, 0.25) is 6.54 Å². The fraction of sp³-hybridized carbons (Fsp3) is 0.667. The van der Waals surface area contributed by atoms with E-state index in [0.29, 0.717) is 18.3 Å². The van der Waals surface area contributed by atoms with Crippen molar-refractivity contribution in [3.05, 3.63) is 35.4 Å². The fourth-order valence-electron chi connectivity index (χ4n) is 2.77. The van der Waals surface area contributed by atoms with Crippen LogP contribution in [-0.4, -0.2) is 11.5 Å². The van der Waals surface area contributed by atoms with Crippen molar-refractivity contribution in [1.82, 2.24) is 0 Å². The Morgan fingerprint density at radius 1 is 1.40 bits per heavy atom. The quantitative estimate of drug-likeness (QED) is 0.397. The lowest BCUT2D eigenvalue weighted by atomic mass is 9.71. The van der Waals surface area contributed by atoms with Gasteiger partial charge in [0.25, 0.3) is 0 Å². The zero-order chi connectivity index (χ0) is 11.5. The van der Waals surface area contributed by atoms with Gasteiger partial charge in [0.15, 0.2) is 0 Å². The fourth-order valence-corrected chi connectivity index (χ4v) is 2.77. The highest BCUT2D eigenvalue weighted by atomic mass is 16.6. The van der Waals surface area contributed by atoms with Gasteiger partial charge in [-0.15, -0.1) is 13.2 Å². The Bertz CT molecular complexity index is 257.